The predicted molar refractivity (Wildman–Crippen MR) is 202 cm³/mol. The highest BCUT2D eigenvalue weighted by Gasteiger charge is 2.17. The minimum Gasteiger partial charge on any atom is -0.394 e. The number of carbonyl (C=O) groups excluding carboxylic acids is 1. The van der Waals surface area contributed by atoms with Crippen LogP contribution in [0.5, 0.6) is 0 Å². The van der Waals surface area contributed by atoms with E-state index in [1.807, 2.05) is 6.08 Å². The first-order chi connectivity index (χ1) is 22.7. The highest BCUT2D eigenvalue weighted by Crippen LogP contribution is 2.14. The van der Waals surface area contributed by atoms with Crippen molar-refractivity contribution in [3.8, 4) is 0 Å². The van der Waals surface area contributed by atoms with Crippen LogP contribution < -0.4 is 5.32 Å². The van der Waals surface area contributed by atoms with E-state index in [-0.39, 0.29) is 12.5 Å². The van der Waals surface area contributed by atoms with Gasteiger partial charge in [-0.15, -0.1) is 0 Å². The van der Waals surface area contributed by atoms with Crippen molar-refractivity contribution < 1.29 is 15.0 Å². The van der Waals surface area contributed by atoms with E-state index in [1.54, 1.807) is 6.08 Å². The third-order valence-corrected chi connectivity index (χ3v) is 9.15. The third kappa shape index (κ3) is 34.0. The summed E-state index contributed by atoms with van der Waals surface area (Å²) >= 11 is 0. The Kier molecular flexibility index (Phi) is 36.9. The van der Waals surface area contributed by atoms with E-state index in [4.69, 9.17) is 0 Å². The van der Waals surface area contributed by atoms with Crippen molar-refractivity contribution in [2.45, 2.75) is 219 Å². The summed E-state index contributed by atoms with van der Waals surface area (Å²) in [6.07, 6.45) is 49.5. The Hall–Kier alpha value is -1.39. The summed E-state index contributed by atoms with van der Waals surface area (Å²) in [6.45, 7) is 4.28. The summed E-state index contributed by atoms with van der Waals surface area (Å²) in [4.78, 5) is 12.3. The van der Waals surface area contributed by atoms with E-state index in [0.717, 1.165) is 25.7 Å². The van der Waals surface area contributed by atoms with Gasteiger partial charge in [-0.25, -0.2) is 0 Å². The number of rotatable bonds is 36. The Balaban J connectivity index is 3.60. The van der Waals surface area contributed by atoms with Crippen molar-refractivity contribution in [3.05, 3.63) is 36.5 Å². The minimum atomic E-state index is -0.838. The zero-order chi connectivity index (χ0) is 33.6. The molecule has 0 aliphatic heterocycles. The van der Waals surface area contributed by atoms with Crippen LogP contribution in [0.15, 0.2) is 36.5 Å². The highest BCUT2D eigenvalue weighted by atomic mass is 16.3. The van der Waals surface area contributed by atoms with Gasteiger partial charge in [0.2, 0.25) is 5.91 Å². The zero-order valence-electron chi connectivity index (χ0n) is 30.8. The number of allylic oxidation sites excluding steroid dienone is 5. The second-order valence-electron chi connectivity index (χ2n) is 13.7. The van der Waals surface area contributed by atoms with Crippen LogP contribution in [0.1, 0.15) is 206 Å². The third-order valence-electron chi connectivity index (χ3n) is 9.15. The van der Waals surface area contributed by atoms with Crippen LogP contribution in [0.4, 0.5) is 0 Å². The summed E-state index contributed by atoms with van der Waals surface area (Å²) in [5.41, 5.74) is 0. The lowest BCUT2D eigenvalue weighted by molar-refractivity contribution is -0.123. The van der Waals surface area contributed by atoms with Crippen molar-refractivity contribution in [1.82, 2.24) is 5.32 Å². The number of aliphatic hydroxyl groups excluding tert-OH is 2. The van der Waals surface area contributed by atoms with Crippen LogP contribution in [-0.4, -0.2) is 34.9 Å². The molecule has 0 aromatic rings. The van der Waals surface area contributed by atoms with Crippen LogP contribution in [0.2, 0.25) is 0 Å². The van der Waals surface area contributed by atoms with Gasteiger partial charge in [0.15, 0.2) is 0 Å². The molecule has 2 atom stereocenters. The molecule has 0 saturated heterocycles. The SMILES string of the molecule is CCCCC/C=C\C=C/CCCCCCCCCCCCC(=O)NC(CO)C(O)/C=C/CCCCCCCCCCCCCCC. The number of unbranched alkanes of at least 4 members (excludes halogenated alkanes) is 26. The van der Waals surface area contributed by atoms with Crippen LogP contribution in [0.25, 0.3) is 0 Å². The fraction of sp³-hybridized carbons (Fsp3) is 0.833. The Bertz CT molecular complexity index is 701. The molecule has 0 aromatic carbocycles. The van der Waals surface area contributed by atoms with Gasteiger partial charge in [-0.2, -0.15) is 0 Å². The first-order valence-corrected chi connectivity index (χ1v) is 20.2. The van der Waals surface area contributed by atoms with Crippen LogP contribution in [-0.2, 0) is 4.79 Å². The minimum absolute atomic E-state index is 0.0687. The van der Waals surface area contributed by atoms with Gasteiger partial charge in [0.25, 0.3) is 0 Å². The Morgan fingerprint density at radius 2 is 0.870 bits per heavy atom. The lowest BCUT2D eigenvalue weighted by Gasteiger charge is -2.20. The topological polar surface area (TPSA) is 69.6 Å². The molecule has 0 aliphatic rings. The van der Waals surface area contributed by atoms with Gasteiger partial charge in [0.1, 0.15) is 0 Å². The summed E-state index contributed by atoms with van der Waals surface area (Å²) in [5.74, 6) is -0.0687. The van der Waals surface area contributed by atoms with E-state index in [0.29, 0.717) is 6.42 Å². The maximum Gasteiger partial charge on any atom is 0.220 e. The molecule has 0 heterocycles. The fourth-order valence-electron chi connectivity index (χ4n) is 5.99. The highest BCUT2D eigenvalue weighted by molar-refractivity contribution is 5.76. The van der Waals surface area contributed by atoms with Crippen molar-refractivity contribution in [2.75, 3.05) is 6.61 Å². The lowest BCUT2D eigenvalue weighted by Crippen LogP contribution is -2.45. The maximum absolute atomic E-state index is 12.3. The van der Waals surface area contributed by atoms with Crippen molar-refractivity contribution in [3.63, 3.8) is 0 Å². The van der Waals surface area contributed by atoms with Crippen LogP contribution in [0, 0.1) is 0 Å². The summed E-state index contributed by atoms with van der Waals surface area (Å²) in [5, 5.41) is 23.0. The van der Waals surface area contributed by atoms with Crippen molar-refractivity contribution >= 4 is 5.91 Å². The standard InChI is InChI=1S/C42H79NO3/c1-3-5-7-9-11-13-15-17-19-20-21-22-24-26-28-30-32-34-36-38-42(46)43-40(39-44)41(45)37-35-33-31-29-27-25-23-18-16-14-12-10-8-6-4-2/h11,13,15,17,35,37,40-41,44-45H,3-10,12,14,16,18-34,36,38-39H2,1-2H3,(H,43,46)/b13-11-,17-15-,37-35+. The smallest absolute Gasteiger partial charge is 0.220 e. The van der Waals surface area contributed by atoms with E-state index >= 15 is 0 Å². The van der Waals surface area contributed by atoms with Gasteiger partial charge in [-0.05, 0) is 44.9 Å². The molecule has 4 nitrogen and oxygen atoms in total. The first-order valence-electron chi connectivity index (χ1n) is 20.2. The molecule has 0 aromatic heterocycles. The van der Waals surface area contributed by atoms with E-state index in [1.165, 1.54) is 161 Å². The molecule has 0 bridgehead atoms. The molecule has 4 heteroatoms. The molecule has 0 aliphatic carbocycles. The lowest BCUT2D eigenvalue weighted by atomic mass is 10.0. The van der Waals surface area contributed by atoms with Crippen molar-refractivity contribution in [2.24, 2.45) is 0 Å². The largest absolute Gasteiger partial charge is 0.394 e. The first kappa shape index (κ1) is 44.6. The molecule has 1 amide bonds. The van der Waals surface area contributed by atoms with Gasteiger partial charge in [0, 0.05) is 6.42 Å². The van der Waals surface area contributed by atoms with E-state index in [2.05, 4.69) is 43.5 Å². The quantitative estimate of drug-likeness (QED) is 0.0361. The molecule has 0 radical (unpaired) electrons. The molecule has 0 saturated carbocycles. The molecule has 0 spiro atoms. The Labute approximate surface area is 287 Å². The van der Waals surface area contributed by atoms with Crippen LogP contribution >= 0.6 is 0 Å². The van der Waals surface area contributed by atoms with Gasteiger partial charge in [-0.1, -0.05) is 192 Å². The molecule has 270 valence electrons. The normalized spacial score (nSPS) is 13.4. The Morgan fingerprint density at radius 1 is 0.522 bits per heavy atom. The molecule has 0 rings (SSSR count). The van der Waals surface area contributed by atoms with Gasteiger partial charge < -0.3 is 15.5 Å². The predicted octanol–water partition coefficient (Wildman–Crippen LogP) is 12.2. The number of aliphatic hydroxyl groups is 2. The summed E-state index contributed by atoms with van der Waals surface area (Å²) in [7, 11) is 0. The second kappa shape index (κ2) is 38.1. The van der Waals surface area contributed by atoms with E-state index < -0.39 is 12.1 Å². The molecule has 0 fully saturated rings. The molecular weight excluding hydrogens is 566 g/mol. The zero-order valence-corrected chi connectivity index (χ0v) is 30.8. The monoisotopic (exact) mass is 646 g/mol. The molecule has 46 heavy (non-hydrogen) atoms. The molecular formula is C42H79NO3. The number of hydrogen-bond donors (Lipinski definition) is 3. The van der Waals surface area contributed by atoms with Gasteiger partial charge in [0.05, 0.1) is 18.8 Å². The number of carbonyl (C=O) groups is 1. The van der Waals surface area contributed by atoms with Gasteiger partial charge in [-0.3, -0.25) is 4.79 Å². The van der Waals surface area contributed by atoms with Gasteiger partial charge >= 0.3 is 0 Å². The Morgan fingerprint density at radius 3 is 1.30 bits per heavy atom. The number of nitrogens with one attached hydrogen (secondary N) is 1. The maximum atomic E-state index is 12.3. The summed E-state index contributed by atoms with van der Waals surface area (Å²) in [6, 6.07) is -0.622. The average Bonchev–Trinajstić information content (AvgIpc) is 3.06. The fourth-order valence-corrected chi connectivity index (χ4v) is 5.99. The molecule has 3 N–H and O–H groups in total. The van der Waals surface area contributed by atoms with Crippen LogP contribution in [0.3, 0.4) is 0 Å². The average molecular weight is 646 g/mol. The number of amides is 1. The van der Waals surface area contributed by atoms with E-state index in [9.17, 15) is 15.0 Å². The molecule has 2 unspecified atom stereocenters. The second-order valence-corrected chi connectivity index (χ2v) is 13.7. The number of hydrogen-bond acceptors (Lipinski definition) is 3. The van der Waals surface area contributed by atoms with Crippen molar-refractivity contribution in [1.29, 1.82) is 0 Å². The summed E-state index contributed by atoms with van der Waals surface area (Å²) < 4.78 is 0.